The highest BCUT2D eigenvalue weighted by molar-refractivity contribution is 7.99. The van der Waals surface area contributed by atoms with Crippen LogP contribution in [0.5, 0.6) is 17.2 Å². The molecule has 2 heterocycles. The number of rotatable bonds is 12. The van der Waals surface area contributed by atoms with Gasteiger partial charge in [0, 0.05) is 12.4 Å². The third-order valence-corrected chi connectivity index (χ3v) is 7.03. The Balaban J connectivity index is 1.44. The lowest BCUT2D eigenvalue weighted by Gasteiger charge is -2.14. The van der Waals surface area contributed by atoms with Crippen molar-refractivity contribution in [2.24, 2.45) is 0 Å². The van der Waals surface area contributed by atoms with E-state index in [1.807, 2.05) is 18.2 Å². The van der Waals surface area contributed by atoms with Crippen molar-refractivity contribution in [2.45, 2.75) is 43.6 Å². The molecule has 10 heteroatoms. The number of benzene rings is 2. The summed E-state index contributed by atoms with van der Waals surface area (Å²) in [7, 11) is 4.65. The van der Waals surface area contributed by atoms with Crippen LogP contribution in [-0.4, -0.2) is 60.5 Å². The quantitative estimate of drug-likeness (QED) is 0.369. The number of nitrogens with one attached hydrogen (secondary N) is 1. The molecule has 3 aromatic rings. The first-order valence-corrected chi connectivity index (χ1v) is 12.9. The minimum Gasteiger partial charge on any atom is -0.493 e. The number of amides is 1. The Morgan fingerprint density at radius 2 is 1.83 bits per heavy atom. The second-order valence-electron chi connectivity index (χ2n) is 8.40. The van der Waals surface area contributed by atoms with Crippen molar-refractivity contribution in [1.29, 1.82) is 0 Å². The fraction of sp³-hybridized carbons (Fsp3) is 0.423. The van der Waals surface area contributed by atoms with Gasteiger partial charge in [-0.25, -0.2) is 0 Å². The van der Waals surface area contributed by atoms with E-state index in [1.165, 1.54) is 0 Å². The number of hydrogen-bond acceptors (Lipinski definition) is 8. The predicted octanol–water partition coefficient (Wildman–Crippen LogP) is 3.48. The van der Waals surface area contributed by atoms with Gasteiger partial charge < -0.3 is 28.8 Å². The van der Waals surface area contributed by atoms with E-state index in [0.29, 0.717) is 29.6 Å². The molecule has 1 amide bonds. The van der Waals surface area contributed by atoms with E-state index >= 15 is 0 Å². The zero-order valence-electron chi connectivity index (χ0n) is 20.9. The topological polar surface area (TPSA) is 96.7 Å². The standard InChI is InChI=1S/C26H32N4O5S/c1-32-21-12-19(13-22(33-2)25(21)34-3)14-24(31)27-15-23-28-29-26(36-17-20-10-7-11-35-20)30(23)16-18-8-5-4-6-9-18/h4-6,8-9,12-13,20H,7,10-11,14-17H2,1-3H3,(H,27,31)/t20-/m1/s1. The molecule has 36 heavy (non-hydrogen) atoms. The van der Waals surface area contributed by atoms with Crippen molar-refractivity contribution in [3.8, 4) is 17.2 Å². The summed E-state index contributed by atoms with van der Waals surface area (Å²) in [6.07, 6.45) is 2.58. The molecule has 4 rings (SSSR count). The normalized spacial score (nSPS) is 15.0. The Hall–Kier alpha value is -3.24. The number of ether oxygens (including phenoxy) is 4. The first kappa shape index (κ1) is 25.8. The van der Waals surface area contributed by atoms with Crippen molar-refractivity contribution < 1.29 is 23.7 Å². The summed E-state index contributed by atoms with van der Waals surface area (Å²) in [5, 5.41) is 12.6. The molecule has 1 aromatic heterocycles. The molecule has 1 saturated heterocycles. The largest absolute Gasteiger partial charge is 0.493 e. The Kier molecular flexibility index (Phi) is 9.07. The predicted molar refractivity (Wildman–Crippen MR) is 137 cm³/mol. The molecule has 0 saturated carbocycles. The fourth-order valence-electron chi connectivity index (χ4n) is 4.09. The molecule has 0 bridgehead atoms. The third-order valence-electron chi connectivity index (χ3n) is 5.93. The Bertz CT molecular complexity index is 1120. The molecule has 1 N–H and O–H groups in total. The van der Waals surface area contributed by atoms with E-state index in [1.54, 1.807) is 45.2 Å². The SMILES string of the molecule is COc1cc(CC(=O)NCc2nnc(SC[C@H]3CCCO3)n2Cc2ccccc2)cc(OC)c1OC. The molecule has 1 atom stereocenters. The molecule has 1 fully saturated rings. The molecule has 0 aliphatic carbocycles. The highest BCUT2D eigenvalue weighted by atomic mass is 32.2. The number of hydrogen-bond donors (Lipinski definition) is 1. The summed E-state index contributed by atoms with van der Waals surface area (Å²) in [4.78, 5) is 12.8. The first-order chi connectivity index (χ1) is 17.6. The molecule has 0 radical (unpaired) electrons. The van der Waals surface area contributed by atoms with Gasteiger partial charge in [0.2, 0.25) is 11.7 Å². The number of carbonyl (C=O) groups is 1. The number of nitrogens with zero attached hydrogens (tertiary/aromatic N) is 3. The van der Waals surface area contributed by atoms with E-state index in [0.717, 1.165) is 41.5 Å². The van der Waals surface area contributed by atoms with Crippen LogP contribution in [0.4, 0.5) is 0 Å². The smallest absolute Gasteiger partial charge is 0.224 e. The van der Waals surface area contributed by atoms with Crippen LogP contribution in [0.1, 0.15) is 29.8 Å². The van der Waals surface area contributed by atoms with Gasteiger partial charge in [-0.2, -0.15) is 0 Å². The average molecular weight is 513 g/mol. The minimum absolute atomic E-state index is 0.146. The van der Waals surface area contributed by atoms with Crippen LogP contribution in [0.3, 0.4) is 0 Å². The number of thioether (sulfide) groups is 1. The summed E-state index contributed by atoms with van der Waals surface area (Å²) in [5.74, 6) is 2.90. The molecule has 0 unspecified atom stereocenters. The van der Waals surface area contributed by atoms with Gasteiger partial charge >= 0.3 is 0 Å². The van der Waals surface area contributed by atoms with E-state index in [9.17, 15) is 4.79 Å². The van der Waals surface area contributed by atoms with Crippen LogP contribution < -0.4 is 19.5 Å². The Morgan fingerprint density at radius 1 is 1.08 bits per heavy atom. The van der Waals surface area contributed by atoms with Crippen LogP contribution in [0, 0.1) is 0 Å². The maximum Gasteiger partial charge on any atom is 0.224 e. The van der Waals surface area contributed by atoms with Gasteiger partial charge in [0.05, 0.1) is 46.9 Å². The second-order valence-corrected chi connectivity index (χ2v) is 9.39. The third kappa shape index (κ3) is 6.50. The van der Waals surface area contributed by atoms with Gasteiger partial charge in [0.25, 0.3) is 0 Å². The van der Waals surface area contributed by atoms with Crippen LogP contribution in [0.2, 0.25) is 0 Å². The molecular weight excluding hydrogens is 480 g/mol. The molecule has 2 aromatic carbocycles. The van der Waals surface area contributed by atoms with E-state index < -0.39 is 0 Å². The van der Waals surface area contributed by atoms with Gasteiger partial charge in [0.1, 0.15) is 0 Å². The highest BCUT2D eigenvalue weighted by Crippen LogP contribution is 2.38. The summed E-state index contributed by atoms with van der Waals surface area (Å²) >= 11 is 1.64. The minimum atomic E-state index is -0.146. The number of aromatic nitrogens is 3. The lowest BCUT2D eigenvalue weighted by molar-refractivity contribution is -0.120. The maximum absolute atomic E-state index is 12.8. The zero-order chi connectivity index (χ0) is 25.3. The monoisotopic (exact) mass is 512 g/mol. The molecule has 0 spiro atoms. The summed E-state index contributed by atoms with van der Waals surface area (Å²) in [6.45, 7) is 1.72. The summed E-state index contributed by atoms with van der Waals surface area (Å²) in [6, 6.07) is 13.7. The summed E-state index contributed by atoms with van der Waals surface area (Å²) < 4.78 is 24.0. The van der Waals surface area contributed by atoms with Crippen molar-refractivity contribution in [3.05, 3.63) is 59.4 Å². The van der Waals surface area contributed by atoms with Gasteiger partial charge in [-0.1, -0.05) is 42.1 Å². The van der Waals surface area contributed by atoms with Crippen LogP contribution in [0.25, 0.3) is 0 Å². The molecule has 1 aliphatic heterocycles. The summed E-state index contributed by atoms with van der Waals surface area (Å²) in [5.41, 5.74) is 1.89. The van der Waals surface area contributed by atoms with Crippen LogP contribution in [-0.2, 0) is 29.0 Å². The number of methoxy groups -OCH3 is 3. The maximum atomic E-state index is 12.8. The highest BCUT2D eigenvalue weighted by Gasteiger charge is 2.20. The Morgan fingerprint density at radius 3 is 2.47 bits per heavy atom. The van der Waals surface area contributed by atoms with Crippen molar-refractivity contribution in [3.63, 3.8) is 0 Å². The van der Waals surface area contributed by atoms with Gasteiger partial charge in [-0.15, -0.1) is 10.2 Å². The van der Waals surface area contributed by atoms with Crippen LogP contribution >= 0.6 is 11.8 Å². The Labute approximate surface area is 215 Å². The fourth-order valence-corrected chi connectivity index (χ4v) is 5.11. The molecule has 1 aliphatic rings. The lowest BCUT2D eigenvalue weighted by Crippen LogP contribution is -2.26. The average Bonchev–Trinajstić information content (AvgIpc) is 3.56. The zero-order valence-corrected chi connectivity index (χ0v) is 21.7. The number of carbonyl (C=O) groups excluding carboxylic acids is 1. The van der Waals surface area contributed by atoms with Crippen molar-refractivity contribution in [2.75, 3.05) is 33.7 Å². The van der Waals surface area contributed by atoms with Gasteiger partial charge in [0.15, 0.2) is 22.5 Å². The first-order valence-electron chi connectivity index (χ1n) is 11.9. The molecule has 9 nitrogen and oxygen atoms in total. The molecule has 192 valence electrons. The van der Waals surface area contributed by atoms with Gasteiger partial charge in [-0.3, -0.25) is 4.79 Å². The van der Waals surface area contributed by atoms with Gasteiger partial charge in [-0.05, 0) is 36.1 Å². The van der Waals surface area contributed by atoms with Crippen molar-refractivity contribution in [1.82, 2.24) is 20.1 Å². The van der Waals surface area contributed by atoms with E-state index in [-0.39, 0.29) is 25.0 Å². The van der Waals surface area contributed by atoms with Crippen molar-refractivity contribution >= 4 is 17.7 Å². The van der Waals surface area contributed by atoms with Crippen LogP contribution in [0.15, 0.2) is 47.6 Å². The lowest BCUT2D eigenvalue weighted by atomic mass is 10.1. The second kappa shape index (κ2) is 12.6. The van der Waals surface area contributed by atoms with E-state index in [4.69, 9.17) is 18.9 Å². The molecular formula is C26H32N4O5S. The van der Waals surface area contributed by atoms with E-state index in [2.05, 4.69) is 32.2 Å².